The molecule has 0 spiro atoms. The normalized spacial score (nSPS) is 20.1. The van der Waals surface area contributed by atoms with Crippen LogP contribution < -0.4 is 0 Å². The second-order valence-electron chi connectivity index (χ2n) is 5.06. The fraction of sp³-hybridized carbons (Fsp3) is 0.333. The van der Waals surface area contributed by atoms with Crippen LogP contribution >= 0.6 is 11.3 Å². The number of rotatable bonds is 2. The Morgan fingerprint density at radius 1 is 1.30 bits per heavy atom. The Kier molecular flexibility index (Phi) is 3.80. The van der Waals surface area contributed by atoms with E-state index in [9.17, 15) is 4.79 Å². The zero-order valence-corrected chi connectivity index (χ0v) is 12.2. The molecule has 1 aliphatic heterocycles. The Morgan fingerprint density at radius 2 is 2.10 bits per heavy atom. The van der Waals surface area contributed by atoms with Crippen LogP contribution in [0.15, 0.2) is 41.2 Å². The van der Waals surface area contributed by atoms with Gasteiger partial charge in [-0.2, -0.15) is 0 Å². The Bertz CT molecular complexity index is 570. The molecule has 1 aromatic heterocycles. The summed E-state index contributed by atoms with van der Waals surface area (Å²) in [4.78, 5) is 21.0. The monoisotopic (exact) mass is 287 g/mol. The lowest BCUT2D eigenvalue weighted by Gasteiger charge is -2.40. The average molecular weight is 287 g/mol. The standard InChI is InChI=1S/C15H17N3OS/c1-17-7-8-18(15(19)13-10-20-11-16-13)14(9-17)12-5-3-2-4-6-12/h2-6,10-11,14H,7-9H2,1H3. The molecule has 0 aliphatic carbocycles. The van der Waals surface area contributed by atoms with Gasteiger partial charge in [-0.3, -0.25) is 4.79 Å². The summed E-state index contributed by atoms with van der Waals surface area (Å²) in [6, 6.07) is 10.3. The lowest BCUT2D eigenvalue weighted by Crippen LogP contribution is -2.49. The molecular formula is C15H17N3OS. The molecule has 5 heteroatoms. The van der Waals surface area contributed by atoms with E-state index in [1.807, 2.05) is 28.5 Å². The summed E-state index contributed by atoms with van der Waals surface area (Å²) in [5.41, 5.74) is 3.45. The van der Waals surface area contributed by atoms with Gasteiger partial charge in [0, 0.05) is 25.0 Å². The molecule has 3 rings (SSSR count). The van der Waals surface area contributed by atoms with Crippen LogP contribution in [0.3, 0.4) is 0 Å². The number of piperazine rings is 1. The SMILES string of the molecule is CN1CCN(C(=O)c2cscn2)C(c2ccccc2)C1. The van der Waals surface area contributed by atoms with Crippen molar-refractivity contribution in [3.63, 3.8) is 0 Å². The molecule has 0 N–H and O–H groups in total. The number of hydrogen-bond acceptors (Lipinski definition) is 4. The number of likely N-dealkylation sites (N-methyl/N-ethyl adjacent to an activating group) is 1. The molecule has 0 radical (unpaired) electrons. The molecule has 1 aromatic carbocycles. The van der Waals surface area contributed by atoms with Crippen molar-refractivity contribution in [3.05, 3.63) is 52.5 Å². The first-order chi connectivity index (χ1) is 9.75. The second kappa shape index (κ2) is 5.73. The number of amides is 1. The third kappa shape index (κ3) is 2.59. The summed E-state index contributed by atoms with van der Waals surface area (Å²) >= 11 is 1.46. The molecule has 1 aliphatic rings. The van der Waals surface area contributed by atoms with Crippen LogP contribution in [0.25, 0.3) is 0 Å². The Hall–Kier alpha value is -1.72. The zero-order valence-electron chi connectivity index (χ0n) is 11.4. The minimum Gasteiger partial charge on any atom is -0.328 e. The number of hydrogen-bond donors (Lipinski definition) is 0. The van der Waals surface area contributed by atoms with Crippen molar-refractivity contribution in [1.82, 2.24) is 14.8 Å². The summed E-state index contributed by atoms with van der Waals surface area (Å²) in [5.74, 6) is 0.0354. The topological polar surface area (TPSA) is 36.4 Å². The molecule has 2 heterocycles. The van der Waals surface area contributed by atoms with E-state index in [1.54, 1.807) is 5.51 Å². The highest BCUT2D eigenvalue weighted by molar-refractivity contribution is 7.07. The van der Waals surface area contributed by atoms with Gasteiger partial charge in [-0.15, -0.1) is 11.3 Å². The first kappa shape index (κ1) is 13.3. The first-order valence-electron chi connectivity index (χ1n) is 6.68. The second-order valence-corrected chi connectivity index (χ2v) is 5.78. The predicted molar refractivity (Wildman–Crippen MR) is 79.8 cm³/mol. The van der Waals surface area contributed by atoms with Gasteiger partial charge in [0.05, 0.1) is 11.6 Å². The van der Waals surface area contributed by atoms with Crippen molar-refractivity contribution in [1.29, 1.82) is 0 Å². The molecule has 2 aromatic rings. The molecule has 104 valence electrons. The molecule has 1 saturated heterocycles. The third-order valence-electron chi connectivity index (χ3n) is 3.68. The highest BCUT2D eigenvalue weighted by Crippen LogP contribution is 2.26. The fourth-order valence-electron chi connectivity index (χ4n) is 2.59. The highest BCUT2D eigenvalue weighted by Gasteiger charge is 2.31. The van der Waals surface area contributed by atoms with E-state index in [0.29, 0.717) is 5.69 Å². The molecule has 20 heavy (non-hydrogen) atoms. The summed E-state index contributed by atoms with van der Waals surface area (Å²) in [6.45, 7) is 2.51. The van der Waals surface area contributed by atoms with Crippen molar-refractivity contribution in [2.24, 2.45) is 0 Å². The molecule has 0 bridgehead atoms. The number of nitrogens with zero attached hydrogens (tertiary/aromatic N) is 3. The Labute approximate surface area is 122 Å². The highest BCUT2D eigenvalue weighted by atomic mass is 32.1. The molecule has 0 saturated carbocycles. The van der Waals surface area contributed by atoms with Gasteiger partial charge in [0.2, 0.25) is 0 Å². The minimum atomic E-state index is 0.0354. The van der Waals surface area contributed by atoms with E-state index >= 15 is 0 Å². The van der Waals surface area contributed by atoms with Crippen LogP contribution in [0.4, 0.5) is 0 Å². The molecule has 1 unspecified atom stereocenters. The van der Waals surface area contributed by atoms with Crippen LogP contribution in [0.2, 0.25) is 0 Å². The Morgan fingerprint density at radius 3 is 2.80 bits per heavy atom. The predicted octanol–water partition coefficient (Wildman–Crippen LogP) is 2.27. The van der Waals surface area contributed by atoms with Gasteiger partial charge in [0.25, 0.3) is 5.91 Å². The largest absolute Gasteiger partial charge is 0.328 e. The molecule has 4 nitrogen and oxygen atoms in total. The summed E-state index contributed by atoms with van der Waals surface area (Å²) in [5, 5.41) is 1.82. The lowest BCUT2D eigenvalue weighted by molar-refractivity contribution is 0.0493. The average Bonchev–Trinajstić information content (AvgIpc) is 3.02. The van der Waals surface area contributed by atoms with Gasteiger partial charge >= 0.3 is 0 Å². The van der Waals surface area contributed by atoms with Crippen LogP contribution in [0, 0.1) is 0 Å². The van der Waals surface area contributed by atoms with Gasteiger partial charge in [-0.05, 0) is 12.6 Å². The van der Waals surface area contributed by atoms with Crippen molar-refractivity contribution < 1.29 is 4.79 Å². The van der Waals surface area contributed by atoms with Gasteiger partial charge in [-0.25, -0.2) is 4.98 Å². The van der Waals surface area contributed by atoms with Crippen molar-refractivity contribution in [2.45, 2.75) is 6.04 Å². The van der Waals surface area contributed by atoms with Crippen molar-refractivity contribution >= 4 is 17.2 Å². The maximum absolute atomic E-state index is 12.6. The van der Waals surface area contributed by atoms with Crippen LogP contribution in [-0.4, -0.2) is 47.4 Å². The maximum atomic E-state index is 12.6. The van der Waals surface area contributed by atoms with E-state index in [2.05, 4.69) is 29.1 Å². The molecule has 1 fully saturated rings. The van der Waals surface area contributed by atoms with E-state index < -0.39 is 0 Å². The lowest BCUT2D eigenvalue weighted by atomic mass is 10.0. The van der Waals surface area contributed by atoms with Gasteiger partial charge in [0.1, 0.15) is 5.69 Å². The Balaban J connectivity index is 1.89. The van der Waals surface area contributed by atoms with Crippen LogP contribution in [0.1, 0.15) is 22.1 Å². The summed E-state index contributed by atoms with van der Waals surface area (Å²) in [7, 11) is 2.10. The minimum absolute atomic E-state index is 0.0354. The van der Waals surface area contributed by atoms with Crippen LogP contribution in [0.5, 0.6) is 0 Å². The summed E-state index contributed by atoms with van der Waals surface area (Å²) in [6.07, 6.45) is 0. The van der Waals surface area contributed by atoms with E-state index in [1.165, 1.54) is 16.9 Å². The molecular weight excluding hydrogens is 270 g/mol. The van der Waals surface area contributed by atoms with Crippen molar-refractivity contribution in [2.75, 3.05) is 26.7 Å². The number of benzene rings is 1. The first-order valence-corrected chi connectivity index (χ1v) is 7.62. The zero-order chi connectivity index (χ0) is 13.9. The third-order valence-corrected chi connectivity index (χ3v) is 4.27. The molecule has 1 atom stereocenters. The van der Waals surface area contributed by atoms with Crippen molar-refractivity contribution in [3.8, 4) is 0 Å². The van der Waals surface area contributed by atoms with Crippen LogP contribution in [-0.2, 0) is 0 Å². The summed E-state index contributed by atoms with van der Waals surface area (Å²) < 4.78 is 0. The number of aromatic nitrogens is 1. The quantitative estimate of drug-likeness (QED) is 0.850. The van der Waals surface area contributed by atoms with Gasteiger partial charge in [0.15, 0.2) is 0 Å². The fourth-order valence-corrected chi connectivity index (χ4v) is 3.11. The number of carbonyl (C=O) groups excluding carboxylic acids is 1. The molecule has 1 amide bonds. The van der Waals surface area contributed by atoms with Gasteiger partial charge < -0.3 is 9.80 Å². The van der Waals surface area contributed by atoms with E-state index in [0.717, 1.165) is 19.6 Å². The number of thiazole rings is 1. The smallest absolute Gasteiger partial charge is 0.273 e. The van der Waals surface area contributed by atoms with E-state index in [4.69, 9.17) is 0 Å². The van der Waals surface area contributed by atoms with Gasteiger partial charge in [-0.1, -0.05) is 30.3 Å². The van der Waals surface area contributed by atoms with E-state index in [-0.39, 0.29) is 11.9 Å². The maximum Gasteiger partial charge on any atom is 0.273 e. The number of carbonyl (C=O) groups is 1.